The number of nitrogens with zero attached hydrogens (tertiary/aromatic N) is 2. The van der Waals surface area contributed by atoms with Gasteiger partial charge in [0.2, 0.25) is 17.6 Å². The van der Waals surface area contributed by atoms with Gasteiger partial charge in [0.1, 0.15) is 0 Å². The molecule has 25 heavy (non-hydrogen) atoms. The monoisotopic (exact) mass is 337 g/mol. The van der Waals surface area contributed by atoms with E-state index in [1.807, 2.05) is 6.07 Å². The van der Waals surface area contributed by atoms with Crippen LogP contribution in [0, 0.1) is 5.92 Å². The number of benzene rings is 1. The quantitative estimate of drug-likeness (QED) is 0.716. The summed E-state index contributed by atoms with van der Waals surface area (Å²) >= 11 is 0. The normalized spacial score (nSPS) is 18.9. The van der Waals surface area contributed by atoms with Crippen LogP contribution in [0.25, 0.3) is 11.6 Å². The maximum Gasteiger partial charge on any atom is 0.238 e. The van der Waals surface area contributed by atoms with Gasteiger partial charge in [-0.15, -0.1) is 0 Å². The molecular weight excluding hydrogens is 318 g/mol. The second kappa shape index (κ2) is 6.93. The van der Waals surface area contributed by atoms with Gasteiger partial charge < -0.3 is 14.3 Å². The van der Waals surface area contributed by atoms with E-state index in [1.54, 1.807) is 18.4 Å². The highest BCUT2D eigenvalue weighted by molar-refractivity contribution is 5.76. The van der Waals surface area contributed by atoms with Crippen LogP contribution in [0.1, 0.15) is 30.2 Å². The van der Waals surface area contributed by atoms with Crippen molar-refractivity contribution in [3.05, 3.63) is 60.2 Å². The molecule has 3 aromatic rings. The number of aryl methyl sites for hydroxylation is 1. The molecule has 1 N–H and O–H groups in total. The van der Waals surface area contributed by atoms with Crippen molar-refractivity contribution < 1.29 is 13.7 Å². The minimum atomic E-state index is 0.0106. The third kappa shape index (κ3) is 3.79. The van der Waals surface area contributed by atoms with Gasteiger partial charge in [-0.2, -0.15) is 4.98 Å². The minimum Gasteiger partial charge on any atom is -0.461 e. The Hall–Kier alpha value is -2.89. The van der Waals surface area contributed by atoms with Crippen LogP contribution >= 0.6 is 0 Å². The molecule has 1 fully saturated rings. The largest absolute Gasteiger partial charge is 0.461 e. The van der Waals surface area contributed by atoms with Crippen molar-refractivity contribution in [1.29, 1.82) is 0 Å². The fourth-order valence-electron chi connectivity index (χ4n) is 3.00. The molecule has 2 aromatic heterocycles. The first-order valence-electron chi connectivity index (χ1n) is 8.47. The summed E-state index contributed by atoms with van der Waals surface area (Å²) in [4.78, 5) is 16.2. The van der Waals surface area contributed by atoms with Gasteiger partial charge in [0.25, 0.3) is 0 Å². The van der Waals surface area contributed by atoms with E-state index in [1.165, 1.54) is 5.56 Å². The summed E-state index contributed by atoms with van der Waals surface area (Å²) in [6.45, 7) is 0.722. The molecular formula is C19H19N3O3. The van der Waals surface area contributed by atoms with Gasteiger partial charge in [0, 0.05) is 19.4 Å². The van der Waals surface area contributed by atoms with E-state index in [0.717, 1.165) is 13.0 Å². The number of carbonyl (C=O) groups is 1. The molecule has 0 radical (unpaired) electrons. The third-order valence-electron chi connectivity index (χ3n) is 4.49. The average molecular weight is 337 g/mol. The second-order valence-corrected chi connectivity index (χ2v) is 6.31. The number of furan rings is 1. The van der Waals surface area contributed by atoms with E-state index in [2.05, 4.69) is 39.7 Å². The predicted molar refractivity (Wildman–Crippen MR) is 90.6 cm³/mol. The molecule has 6 heteroatoms. The number of carbonyl (C=O) groups excluding carboxylic acids is 1. The lowest BCUT2D eigenvalue weighted by Crippen LogP contribution is -2.26. The molecule has 1 aliphatic carbocycles. The van der Waals surface area contributed by atoms with Gasteiger partial charge in [0.15, 0.2) is 5.76 Å². The summed E-state index contributed by atoms with van der Waals surface area (Å²) in [5.74, 6) is 2.53. The molecule has 1 aromatic carbocycles. The lowest BCUT2D eigenvalue weighted by atomic mass is 10.1. The summed E-state index contributed by atoms with van der Waals surface area (Å²) in [7, 11) is 0. The minimum absolute atomic E-state index is 0.0106. The number of hydrogen-bond acceptors (Lipinski definition) is 5. The zero-order chi connectivity index (χ0) is 17.1. The van der Waals surface area contributed by atoms with Crippen molar-refractivity contribution >= 4 is 5.91 Å². The molecule has 2 atom stereocenters. The summed E-state index contributed by atoms with van der Waals surface area (Å²) in [6, 6.07) is 14.0. The van der Waals surface area contributed by atoms with Crippen LogP contribution in [0.4, 0.5) is 0 Å². The summed E-state index contributed by atoms with van der Waals surface area (Å²) < 4.78 is 10.4. The van der Waals surface area contributed by atoms with Crippen molar-refractivity contribution in [2.75, 3.05) is 6.54 Å². The Morgan fingerprint density at radius 2 is 2.08 bits per heavy atom. The molecule has 0 aliphatic heterocycles. The molecule has 2 heterocycles. The molecule has 1 saturated carbocycles. The first-order valence-corrected chi connectivity index (χ1v) is 8.47. The van der Waals surface area contributed by atoms with Crippen molar-refractivity contribution in [2.45, 2.75) is 25.2 Å². The second-order valence-electron chi connectivity index (χ2n) is 6.31. The standard InChI is InChI=1S/C19H19N3O3/c23-17(20-12-14-11-15(14)13-5-2-1-3-6-13)8-9-18-21-19(22-25-18)16-7-4-10-24-16/h1-7,10,14-15H,8-9,11-12H2,(H,20,23)/t14-,15-/m1/s1. The highest BCUT2D eigenvalue weighted by Crippen LogP contribution is 2.46. The summed E-state index contributed by atoms with van der Waals surface area (Å²) in [5.41, 5.74) is 1.36. The van der Waals surface area contributed by atoms with E-state index < -0.39 is 0 Å². The van der Waals surface area contributed by atoms with Crippen LogP contribution in [0.15, 0.2) is 57.7 Å². The smallest absolute Gasteiger partial charge is 0.238 e. The molecule has 0 unspecified atom stereocenters. The first kappa shape index (κ1) is 15.6. The van der Waals surface area contributed by atoms with E-state index in [4.69, 9.17) is 8.94 Å². The Bertz CT molecular complexity index is 827. The van der Waals surface area contributed by atoms with E-state index in [-0.39, 0.29) is 5.91 Å². The van der Waals surface area contributed by atoms with Crippen LogP contribution in [0.5, 0.6) is 0 Å². The zero-order valence-electron chi connectivity index (χ0n) is 13.7. The van der Waals surface area contributed by atoms with Crippen LogP contribution in [-0.2, 0) is 11.2 Å². The Balaban J connectivity index is 1.20. The number of amides is 1. The fraction of sp³-hybridized carbons (Fsp3) is 0.316. The van der Waals surface area contributed by atoms with Crippen molar-refractivity contribution in [3.63, 3.8) is 0 Å². The number of rotatable bonds is 7. The van der Waals surface area contributed by atoms with Crippen LogP contribution in [0.2, 0.25) is 0 Å². The lowest BCUT2D eigenvalue weighted by Gasteiger charge is -2.04. The van der Waals surface area contributed by atoms with Gasteiger partial charge in [0.05, 0.1) is 6.26 Å². The molecule has 0 saturated heterocycles. The van der Waals surface area contributed by atoms with Gasteiger partial charge in [-0.05, 0) is 36.0 Å². The Labute approximate surface area is 145 Å². The highest BCUT2D eigenvalue weighted by Gasteiger charge is 2.37. The van der Waals surface area contributed by atoms with Crippen LogP contribution in [0.3, 0.4) is 0 Å². The molecule has 1 amide bonds. The fourth-order valence-corrected chi connectivity index (χ4v) is 3.00. The molecule has 6 nitrogen and oxygen atoms in total. The SMILES string of the molecule is O=C(CCc1nc(-c2ccco2)no1)NC[C@H]1C[C@@H]1c1ccccc1. The average Bonchev–Trinajstić information content (AvgIpc) is 3.02. The molecule has 128 valence electrons. The predicted octanol–water partition coefficient (Wildman–Crippen LogP) is 3.18. The maximum absolute atomic E-state index is 12.0. The first-order chi connectivity index (χ1) is 12.3. The molecule has 4 rings (SSSR count). The van der Waals surface area contributed by atoms with Gasteiger partial charge in [-0.1, -0.05) is 35.5 Å². The van der Waals surface area contributed by atoms with Crippen LogP contribution < -0.4 is 5.32 Å². The summed E-state index contributed by atoms with van der Waals surface area (Å²) in [6.07, 6.45) is 3.45. The lowest BCUT2D eigenvalue weighted by molar-refractivity contribution is -0.121. The number of aromatic nitrogens is 2. The van der Waals surface area contributed by atoms with Crippen molar-refractivity contribution in [2.24, 2.45) is 5.92 Å². The van der Waals surface area contributed by atoms with E-state index in [9.17, 15) is 4.79 Å². The maximum atomic E-state index is 12.0. The summed E-state index contributed by atoms with van der Waals surface area (Å²) in [5, 5.41) is 6.85. The molecule has 0 spiro atoms. The topological polar surface area (TPSA) is 81.2 Å². The van der Waals surface area contributed by atoms with E-state index in [0.29, 0.717) is 42.2 Å². The molecule has 1 aliphatic rings. The number of nitrogens with one attached hydrogen (secondary N) is 1. The van der Waals surface area contributed by atoms with E-state index >= 15 is 0 Å². The Morgan fingerprint density at radius 1 is 1.20 bits per heavy atom. The van der Waals surface area contributed by atoms with Crippen molar-refractivity contribution in [1.82, 2.24) is 15.5 Å². The van der Waals surface area contributed by atoms with Gasteiger partial charge >= 0.3 is 0 Å². The zero-order valence-corrected chi connectivity index (χ0v) is 13.7. The third-order valence-corrected chi connectivity index (χ3v) is 4.49. The number of hydrogen-bond donors (Lipinski definition) is 1. The highest BCUT2D eigenvalue weighted by atomic mass is 16.5. The Kier molecular flexibility index (Phi) is 4.33. The molecule has 0 bridgehead atoms. The van der Waals surface area contributed by atoms with Crippen molar-refractivity contribution in [3.8, 4) is 11.6 Å². The van der Waals surface area contributed by atoms with Gasteiger partial charge in [-0.3, -0.25) is 4.79 Å². The Morgan fingerprint density at radius 3 is 2.88 bits per heavy atom. The van der Waals surface area contributed by atoms with Crippen LogP contribution in [-0.4, -0.2) is 22.6 Å². The van der Waals surface area contributed by atoms with Gasteiger partial charge in [-0.25, -0.2) is 0 Å².